The molecule has 1 aliphatic rings. The summed E-state index contributed by atoms with van der Waals surface area (Å²) in [6.45, 7) is 5.02. The van der Waals surface area contributed by atoms with Crippen LogP contribution in [0.1, 0.15) is 19.5 Å². The van der Waals surface area contributed by atoms with Crippen molar-refractivity contribution in [2.75, 3.05) is 11.9 Å². The van der Waals surface area contributed by atoms with Crippen LogP contribution in [-0.4, -0.2) is 28.2 Å². The van der Waals surface area contributed by atoms with Gasteiger partial charge in [0.1, 0.15) is 4.60 Å². The third-order valence-electron chi connectivity index (χ3n) is 4.66. The summed E-state index contributed by atoms with van der Waals surface area (Å²) in [5.41, 5.74) is 6.87. The first kappa shape index (κ1) is 17.0. The van der Waals surface area contributed by atoms with Crippen molar-refractivity contribution in [3.8, 4) is 11.1 Å². The molecule has 4 rings (SSSR count). The number of benzene rings is 1. The fourth-order valence-corrected chi connectivity index (χ4v) is 3.93. The molecule has 0 spiro atoms. The summed E-state index contributed by atoms with van der Waals surface area (Å²) < 4.78 is 3.17. The summed E-state index contributed by atoms with van der Waals surface area (Å²) in [5, 5.41) is 3.56. The van der Waals surface area contributed by atoms with Gasteiger partial charge in [0.25, 0.3) is 0 Å². The van der Waals surface area contributed by atoms with Gasteiger partial charge in [-0.25, -0.2) is 4.98 Å². The normalized spacial score (nSPS) is 16.3. The van der Waals surface area contributed by atoms with Gasteiger partial charge in [0.05, 0.1) is 17.9 Å². The standard InChI is InChI=1S/C21H21BrN4/c1-3-19-17(16-7-5-4-6-8-16)10-18(21-25-13-20(22)26(19)21)24-12-15-9-14(2)23-11-15/h4-11,13-14,24H,3,12H2,1-2H3/t14-/m0/s1. The number of rotatable bonds is 5. The van der Waals surface area contributed by atoms with Crippen molar-refractivity contribution in [3.63, 3.8) is 0 Å². The highest BCUT2D eigenvalue weighted by atomic mass is 79.9. The van der Waals surface area contributed by atoms with Crippen molar-refractivity contribution in [1.29, 1.82) is 0 Å². The summed E-state index contributed by atoms with van der Waals surface area (Å²) in [7, 11) is 0. The lowest BCUT2D eigenvalue weighted by molar-refractivity contribution is 0.947. The topological polar surface area (TPSA) is 41.7 Å². The highest BCUT2D eigenvalue weighted by Gasteiger charge is 2.16. The molecule has 0 saturated heterocycles. The molecule has 0 amide bonds. The van der Waals surface area contributed by atoms with Gasteiger partial charge in [0, 0.05) is 24.0 Å². The number of anilines is 1. The number of aliphatic imine (C=N–C) groups is 1. The summed E-state index contributed by atoms with van der Waals surface area (Å²) in [5.74, 6) is 0. The number of imidazole rings is 1. The van der Waals surface area contributed by atoms with Crippen molar-refractivity contribution in [2.45, 2.75) is 26.3 Å². The van der Waals surface area contributed by atoms with Gasteiger partial charge in [0.2, 0.25) is 0 Å². The highest BCUT2D eigenvalue weighted by Crippen LogP contribution is 2.32. The van der Waals surface area contributed by atoms with Gasteiger partial charge >= 0.3 is 0 Å². The Bertz CT molecular complexity index is 1000. The van der Waals surface area contributed by atoms with Gasteiger partial charge < -0.3 is 5.32 Å². The van der Waals surface area contributed by atoms with Crippen LogP contribution in [0.2, 0.25) is 0 Å². The van der Waals surface area contributed by atoms with Gasteiger partial charge in [-0.2, -0.15) is 0 Å². The zero-order valence-electron chi connectivity index (χ0n) is 14.9. The molecule has 0 bridgehead atoms. The van der Waals surface area contributed by atoms with Crippen LogP contribution in [0, 0.1) is 0 Å². The van der Waals surface area contributed by atoms with E-state index in [0.717, 1.165) is 28.9 Å². The maximum absolute atomic E-state index is 4.62. The molecule has 0 aliphatic carbocycles. The second-order valence-corrected chi connectivity index (χ2v) is 7.30. The Kier molecular flexibility index (Phi) is 4.64. The molecule has 2 aromatic heterocycles. The fraction of sp³-hybridized carbons (Fsp3) is 0.238. The van der Waals surface area contributed by atoms with Crippen LogP contribution >= 0.6 is 15.9 Å². The van der Waals surface area contributed by atoms with Crippen LogP contribution in [0.25, 0.3) is 16.8 Å². The number of hydrogen-bond acceptors (Lipinski definition) is 3. The molecular weight excluding hydrogens is 388 g/mol. The van der Waals surface area contributed by atoms with Crippen molar-refractivity contribution >= 4 is 33.5 Å². The van der Waals surface area contributed by atoms with Gasteiger partial charge in [-0.05, 0) is 46.5 Å². The average molecular weight is 409 g/mol. The molecule has 1 atom stereocenters. The second-order valence-electron chi connectivity index (χ2n) is 6.49. The first-order valence-corrected chi connectivity index (χ1v) is 9.68. The van der Waals surface area contributed by atoms with E-state index in [9.17, 15) is 0 Å². The minimum absolute atomic E-state index is 0.273. The lowest BCUT2D eigenvalue weighted by atomic mass is 10.0. The molecule has 0 unspecified atom stereocenters. The molecule has 132 valence electrons. The molecule has 1 N–H and O–H groups in total. The molecular formula is C21H21BrN4. The van der Waals surface area contributed by atoms with E-state index in [1.54, 1.807) is 0 Å². The van der Waals surface area contributed by atoms with Crippen LogP contribution in [0.15, 0.2) is 63.8 Å². The van der Waals surface area contributed by atoms with Gasteiger partial charge in [-0.1, -0.05) is 43.3 Å². The molecule has 0 saturated carbocycles. The first-order valence-electron chi connectivity index (χ1n) is 8.89. The Hall–Kier alpha value is -2.40. The van der Waals surface area contributed by atoms with Crippen LogP contribution in [-0.2, 0) is 6.42 Å². The van der Waals surface area contributed by atoms with Crippen LogP contribution < -0.4 is 5.32 Å². The fourth-order valence-electron chi connectivity index (χ4n) is 3.45. The van der Waals surface area contributed by atoms with E-state index in [-0.39, 0.29) is 6.04 Å². The number of nitrogens with zero attached hydrogens (tertiary/aromatic N) is 3. The van der Waals surface area contributed by atoms with Crippen molar-refractivity contribution in [3.05, 3.63) is 64.5 Å². The van der Waals surface area contributed by atoms with Crippen molar-refractivity contribution < 1.29 is 0 Å². The largest absolute Gasteiger partial charge is 0.378 e. The summed E-state index contributed by atoms with van der Waals surface area (Å²) in [6, 6.07) is 13.0. The van der Waals surface area contributed by atoms with Gasteiger partial charge in [0.15, 0.2) is 5.65 Å². The zero-order valence-corrected chi connectivity index (χ0v) is 16.5. The molecule has 0 radical (unpaired) electrons. The second kappa shape index (κ2) is 7.08. The molecule has 5 heteroatoms. The Morgan fingerprint density at radius 3 is 2.73 bits per heavy atom. The predicted octanol–water partition coefficient (Wildman–Crippen LogP) is 5.14. The van der Waals surface area contributed by atoms with E-state index in [0.29, 0.717) is 0 Å². The van der Waals surface area contributed by atoms with Crippen molar-refractivity contribution in [2.24, 2.45) is 4.99 Å². The number of halogens is 1. The van der Waals surface area contributed by atoms with E-state index in [1.807, 2.05) is 18.5 Å². The van der Waals surface area contributed by atoms with Gasteiger partial charge in [-0.15, -0.1) is 0 Å². The zero-order chi connectivity index (χ0) is 18.1. The quantitative estimate of drug-likeness (QED) is 0.634. The van der Waals surface area contributed by atoms with Crippen molar-refractivity contribution in [1.82, 2.24) is 9.38 Å². The number of hydrogen-bond donors (Lipinski definition) is 1. The number of nitrogens with one attached hydrogen (secondary N) is 1. The molecule has 1 aromatic carbocycles. The van der Waals surface area contributed by atoms with E-state index in [1.165, 1.54) is 22.4 Å². The van der Waals surface area contributed by atoms with E-state index in [4.69, 9.17) is 0 Å². The van der Waals surface area contributed by atoms with Crippen LogP contribution in [0.4, 0.5) is 5.69 Å². The summed E-state index contributed by atoms with van der Waals surface area (Å²) in [6.07, 6.45) is 6.93. The molecule has 3 aromatic rings. The highest BCUT2D eigenvalue weighted by molar-refractivity contribution is 9.10. The number of pyridine rings is 1. The molecule has 26 heavy (non-hydrogen) atoms. The summed E-state index contributed by atoms with van der Waals surface area (Å²) in [4.78, 5) is 9.03. The third-order valence-corrected chi connectivity index (χ3v) is 5.22. The Balaban J connectivity index is 1.82. The Labute approximate surface area is 161 Å². The van der Waals surface area contributed by atoms with Gasteiger partial charge in [-0.3, -0.25) is 9.39 Å². The minimum Gasteiger partial charge on any atom is -0.378 e. The smallest absolute Gasteiger partial charge is 0.161 e. The minimum atomic E-state index is 0.273. The summed E-state index contributed by atoms with van der Waals surface area (Å²) >= 11 is 3.66. The maximum Gasteiger partial charge on any atom is 0.161 e. The monoisotopic (exact) mass is 408 g/mol. The lowest BCUT2D eigenvalue weighted by Gasteiger charge is -2.16. The number of fused-ring (bicyclic) bond motifs is 1. The Morgan fingerprint density at radius 2 is 2.04 bits per heavy atom. The SMILES string of the molecule is CCc1c(-c2ccccc2)cc(NCC2=C[C@H](C)N=C2)c2ncc(Br)n12. The number of aryl methyl sites for hydroxylation is 1. The van der Waals surface area contributed by atoms with E-state index < -0.39 is 0 Å². The third kappa shape index (κ3) is 3.07. The molecule has 0 fully saturated rings. The maximum atomic E-state index is 4.62. The van der Waals surface area contributed by atoms with E-state index >= 15 is 0 Å². The predicted molar refractivity (Wildman–Crippen MR) is 112 cm³/mol. The number of aromatic nitrogens is 2. The molecule has 4 nitrogen and oxygen atoms in total. The lowest BCUT2D eigenvalue weighted by Crippen LogP contribution is -2.09. The van der Waals surface area contributed by atoms with E-state index in [2.05, 4.69) is 85.9 Å². The Morgan fingerprint density at radius 1 is 1.23 bits per heavy atom. The molecule has 3 heterocycles. The van der Waals surface area contributed by atoms with Crippen LogP contribution in [0.5, 0.6) is 0 Å². The average Bonchev–Trinajstić information content (AvgIpc) is 3.26. The molecule has 1 aliphatic heterocycles. The van der Waals surface area contributed by atoms with Crippen LogP contribution in [0.3, 0.4) is 0 Å². The first-order chi connectivity index (χ1) is 12.7.